The predicted molar refractivity (Wildman–Crippen MR) is 112 cm³/mol. The fraction of sp³-hybridized carbons (Fsp3) is 0.316. The molecule has 0 saturated carbocycles. The Hall–Kier alpha value is -2.02. The largest absolute Gasteiger partial charge is 0.322 e. The van der Waals surface area contributed by atoms with Crippen molar-refractivity contribution >= 4 is 46.4 Å². The summed E-state index contributed by atoms with van der Waals surface area (Å²) in [4.78, 5) is 12.8. The molecule has 2 heterocycles. The zero-order valence-electron chi connectivity index (χ0n) is 15.7. The molecule has 0 fully saturated rings. The Morgan fingerprint density at radius 2 is 1.96 bits per heavy atom. The summed E-state index contributed by atoms with van der Waals surface area (Å²) in [6, 6.07) is 4.97. The lowest BCUT2D eigenvalue weighted by Crippen LogP contribution is -2.27. The highest BCUT2D eigenvalue weighted by atomic mass is 35.5. The van der Waals surface area contributed by atoms with Crippen LogP contribution >= 0.6 is 34.8 Å². The number of aromatic nitrogens is 4. The Labute approximate surface area is 178 Å². The highest BCUT2D eigenvalue weighted by molar-refractivity contribution is 6.42. The van der Waals surface area contributed by atoms with E-state index < -0.39 is 6.04 Å². The van der Waals surface area contributed by atoms with Crippen molar-refractivity contribution in [3.63, 3.8) is 0 Å². The van der Waals surface area contributed by atoms with Gasteiger partial charge in [-0.15, -0.1) is 0 Å². The van der Waals surface area contributed by atoms with E-state index >= 15 is 0 Å². The molecular formula is C19H20Cl3N5O. The molecule has 1 N–H and O–H groups in total. The summed E-state index contributed by atoms with van der Waals surface area (Å²) >= 11 is 18.2. The first-order valence-electron chi connectivity index (χ1n) is 8.78. The van der Waals surface area contributed by atoms with E-state index in [0.717, 1.165) is 11.3 Å². The monoisotopic (exact) mass is 439 g/mol. The quantitative estimate of drug-likeness (QED) is 0.566. The van der Waals surface area contributed by atoms with Gasteiger partial charge >= 0.3 is 0 Å². The number of hydrogen-bond donors (Lipinski definition) is 1. The maximum atomic E-state index is 12.8. The van der Waals surface area contributed by atoms with Gasteiger partial charge in [-0.2, -0.15) is 10.2 Å². The molecule has 1 unspecified atom stereocenters. The smallest absolute Gasteiger partial charge is 0.249 e. The van der Waals surface area contributed by atoms with Crippen LogP contribution in [0.1, 0.15) is 36.3 Å². The van der Waals surface area contributed by atoms with Gasteiger partial charge in [0.2, 0.25) is 5.91 Å². The second kappa shape index (κ2) is 8.55. The maximum absolute atomic E-state index is 12.8. The summed E-state index contributed by atoms with van der Waals surface area (Å²) in [5, 5.41) is 13.2. The van der Waals surface area contributed by atoms with Gasteiger partial charge in [-0.3, -0.25) is 14.2 Å². The molecule has 6 nitrogen and oxygen atoms in total. The Morgan fingerprint density at radius 3 is 2.57 bits per heavy atom. The van der Waals surface area contributed by atoms with E-state index in [-0.39, 0.29) is 5.91 Å². The van der Waals surface area contributed by atoms with Gasteiger partial charge < -0.3 is 5.32 Å². The molecule has 2 aromatic heterocycles. The van der Waals surface area contributed by atoms with Crippen molar-refractivity contribution in [1.29, 1.82) is 0 Å². The number of aryl methyl sites for hydroxylation is 1. The highest BCUT2D eigenvalue weighted by Gasteiger charge is 2.23. The molecule has 0 aliphatic carbocycles. The van der Waals surface area contributed by atoms with Gasteiger partial charge in [0.1, 0.15) is 6.04 Å². The molecule has 1 amide bonds. The van der Waals surface area contributed by atoms with Crippen molar-refractivity contribution < 1.29 is 4.79 Å². The summed E-state index contributed by atoms with van der Waals surface area (Å²) in [6.45, 7) is 6.12. The fourth-order valence-electron chi connectivity index (χ4n) is 2.98. The second-order valence-corrected chi connectivity index (χ2v) is 7.71. The molecule has 0 radical (unpaired) electrons. The first kappa shape index (κ1) is 20.7. The Morgan fingerprint density at radius 1 is 1.21 bits per heavy atom. The number of hydrogen-bond acceptors (Lipinski definition) is 3. The maximum Gasteiger partial charge on any atom is 0.249 e. The van der Waals surface area contributed by atoms with Crippen LogP contribution in [0.4, 0.5) is 5.69 Å². The Kier molecular flexibility index (Phi) is 6.33. The lowest BCUT2D eigenvalue weighted by atomic mass is 10.2. The minimum Gasteiger partial charge on any atom is -0.322 e. The number of anilines is 1. The second-order valence-electron chi connectivity index (χ2n) is 6.52. The van der Waals surface area contributed by atoms with Crippen LogP contribution in [0.15, 0.2) is 30.6 Å². The van der Waals surface area contributed by atoms with E-state index in [1.807, 2.05) is 26.8 Å². The van der Waals surface area contributed by atoms with Crippen molar-refractivity contribution in [3.8, 4) is 0 Å². The van der Waals surface area contributed by atoms with E-state index in [2.05, 4.69) is 15.5 Å². The lowest BCUT2D eigenvalue weighted by molar-refractivity contribution is -0.119. The first-order chi connectivity index (χ1) is 13.3. The van der Waals surface area contributed by atoms with Crippen LogP contribution in [-0.2, 0) is 11.3 Å². The Balaban J connectivity index is 1.71. The van der Waals surface area contributed by atoms with Gasteiger partial charge in [0.05, 0.1) is 44.9 Å². The van der Waals surface area contributed by atoms with Crippen molar-refractivity contribution in [1.82, 2.24) is 19.6 Å². The zero-order valence-corrected chi connectivity index (χ0v) is 18.0. The van der Waals surface area contributed by atoms with Crippen molar-refractivity contribution in [2.45, 2.75) is 39.8 Å². The normalized spacial score (nSPS) is 12.2. The molecule has 0 aliphatic rings. The number of amides is 1. The molecule has 0 saturated heterocycles. The molecule has 28 heavy (non-hydrogen) atoms. The average molecular weight is 441 g/mol. The number of benzene rings is 1. The number of carbonyl (C=O) groups excluding carboxylic acids is 1. The molecule has 1 atom stereocenters. The van der Waals surface area contributed by atoms with Crippen LogP contribution in [0, 0.1) is 13.8 Å². The molecule has 3 aromatic rings. The summed E-state index contributed by atoms with van der Waals surface area (Å²) < 4.78 is 3.39. The minimum absolute atomic E-state index is 0.168. The van der Waals surface area contributed by atoms with Crippen LogP contribution < -0.4 is 5.32 Å². The third-order valence-corrected chi connectivity index (χ3v) is 5.74. The van der Waals surface area contributed by atoms with Gasteiger partial charge in [-0.1, -0.05) is 47.8 Å². The Bertz CT molecular complexity index is 1010. The zero-order chi connectivity index (χ0) is 20.4. The molecule has 148 valence electrons. The minimum atomic E-state index is -0.454. The van der Waals surface area contributed by atoms with Crippen molar-refractivity contribution in [2.75, 3.05) is 5.32 Å². The molecule has 0 bridgehead atoms. The van der Waals surface area contributed by atoms with Gasteiger partial charge in [0.25, 0.3) is 0 Å². The summed E-state index contributed by atoms with van der Waals surface area (Å²) in [5.41, 5.74) is 3.05. The summed E-state index contributed by atoms with van der Waals surface area (Å²) in [6.07, 6.45) is 3.96. The number of halogens is 3. The van der Waals surface area contributed by atoms with Gasteiger partial charge in [-0.25, -0.2) is 0 Å². The third-order valence-electron chi connectivity index (χ3n) is 4.45. The molecule has 9 heteroatoms. The van der Waals surface area contributed by atoms with Crippen LogP contribution in [0.5, 0.6) is 0 Å². The van der Waals surface area contributed by atoms with Gasteiger partial charge in [0, 0.05) is 6.20 Å². The van der Waals surface area contributed by atoms with Crippen LogP contribution in [0.2, 0.25) is 15.1 Å². The number of rotatable bonds is 6. The number of nitrogens with zero attached hydrogens (tertiary/aromatic N) is 4. The topological polar surface area (TPSA) is 64.7 Å². The fourth-order valence-corrected chi connectivity index (χ4v) is 3.43. The first-order valence-corrected chi connectivity index (χ1v) is 9.92. The molecule has 0 aliphatic heterocycles. The summed E-state index contributed by atoms with van der Waals surface area (Å²) in [7, 11) is 0. The van der Waals surface area contributed by atoms with E-state index in [1.165, 1.54) is 0 Å². The highest BCUT2D eigenvalue weighted by Crippen LogP contribution is 2.25. The molecule has 1 aromatic carbocycles. The van der Waals surface area contributed by atoms with Gasteiger partial charge in [-0.05, 0) is 38.0 Å². The number of carbonyl (C=O) groups is 1. The van der Waals surface area contributed by atoms with Crippen molar-refractivity contribution in [3.05, 3.63) is 62.6 Å². The van der Waals surface area contributed by atoms with E-state index in [1.54, 1.807) is 33.9 Å². The van der Waals surface area contributed by atoms with E-state index in [9.17, 15) is 4.79 Å². The van der Waals surface area contributed by atoms with Crippen LogP contribution in [0.25, 0.3) is 0 Å². The molecular weight excluding hydrogens is 421 g/mol. The van der Waals surface area contributed by atoms with E-state index in [4.69, 9.17) is 34.8 Å². The van der Waals surface area contributed by atoms with Crippen LogP contribution in [0.3, 0.4) is 0 Å². The third kappa shape index (κ3) is 4.35. The molecule has 0 spiro atoms. The standard InChI is InChI=1S/C19H20Cl3N5O/c1-4-17(27-12(3)18(22)11(2)25-27)19(28)24-14-8-23-26(10-14)9-13-5-6-15(20)16(21)7-13/h5-8,10,17H,4,9H2,1-3H3,(H,24,28). The van der Waals surface area contributed by atoms with Gasteiger partial charge in [0.15, 0.2) is 0 Å². The van der Waals surface area contributed by atoms with Crippen molar-refractivity contribution in [2.24, 2.45) is 0 Å². The summed E-state index contributed by atoms with van der Waals surface area (Å²) in [5.74, 6) is -0.168. The van der Waals surface area contributed by atoms with Crippen LogP contribution in [-0.4, -0.2) is 25.5 Å². The number of nitrogens with one attached hydrogen (secondary N) is 1. The SMILES string of the molecule is CCC(C(=O)Nc1cnn(Cc2ccc(Cl)c(Cl)c2)c1)n1nc(C)c(Cl)c1C. The average Bonchev–Trinajstić information content (AvgIpc) is 3.19. The molecule has 3 rings (SSSR count). The predicted octanol–water partition coefficient (Wildman–Crippen LogP) is 5.29. The lowest BCUT2D eigenvalue weighted by Gasteiger charge is -2.16. The van der Waals surface area contributed by atoms with E-state index in [0.29, 0.717) is 39.4 Å².